The first-order valence-electron chi connectivity index (χ1n) is 7.71. The minimum atomic E-state index is -0.621. The van der Waals surface area contributed by atoms with Crippen LogP contribution in [-0.4, -0.2) is 24.5 Å². The molecule has 1 heterocycles. The topological polar surface area (TPSA) is 58.6 Å². The molecule has 1 saturated heterocycles. The van der Waals surface area contributed by atoms with Crippen molar-refractivity contribution in [2.24, 2.45) is 0 Å². The van der Waals surface area contributed by atoms with Crippen LogP contribution in [0, 0.1) is 0 Å². The molecule has 1 aliphatic heterocycles. The van der Waals surface area contributed by atoms with E-state index in [9.17, 15) is 9.59 Å². The summed E-state index contributed by atoms with van der Waals surface area (Å²) in [4.78, 5) is 26.1. The highest BCUT2D eigenvalue weighted by atomic mass is 35.5. The number of para-hydroxylation sites is 1. The van der Waals surface area contributed by atoms with Crippen LogP contribution < -0.4 is 15.0 Å². The fourth-order valence-electron chi connectivity index (χ4n) is 2.64. The molecule has 0 spiro atoms. The van der Waals surface area contributed by atoms with E-state index < -0.39 is 6.04 Å². The highest BCUT2D eigenvalue weighted by Crippen LogP contribution is 2.28. The van der Waals surface area contributed by atoms with Crippen molar-refractivity contribution in [2.45, 2.75) is 19.4 Å². The van der Waals surface area contributed by atoms with Gasteiger partial charge in [-0.15, -0.1) is 0 Å². The van der Waals surface area contributed by atoms with Crippen molar-refractivity contribution < 1.29 is 14.3 Å². The average molecular weight is 345 g/mol. The molecular weight excluding hydrogens is 328 g/mol. The summed E-state index contributed by atoms with van der Waals surface area (Å²) >= 11 is 6.10. The lowest BCUT2D eigenvalue weighted by molar-refractivity contribution is -0.121. The van der Waals surface area contributed by atoms with Crippen molar-refractivity contribution in [1.29, 1.82) is 0 Å². The Morgan fingerprint density at radius 2 is 1.88 bits per heavy atom. The number of amides is 2. The Morgan fingerprint density at radius 1 is 1.17 bits per heavy atom. The minimum Gasteiger partial charge on any atom is -0.494 e. The van der Waals surface area contributed by atoms with Gasteiger partial charge in [-0.3, -0.25) is 9.59 Å². The van der Waals surface area contributed by atoms with E-state index in [1.54, 1.807) is 42.5 Å². The zero-order chi connectivity index (χ0) is 17.1. The van der Waals surface area contributed by atoms with Gasteiger partial charge in [0.2, 0.25) is 5.91 Å². The second kappa shape index (κ2) is 6.93. The average Bonchev–Trinajstić information content (AvgIpc) is 2.85. The molecule has 0 aliphatic carbocycles. The first kappa shape index (κ1) is 16.3. The normalized spacial score (nSPS) is 17.2. The first-order chi connectivity index (χ1) is 11.6. The lowest BCUT2D eigenvalue weighted by Gasteiger charge is -2.17. The standard InChI is InChI=1S/C18H17ClN2O3/c1-2-24-13-9-7-12(8-10-13)21-17(22)11-16(18(21)23)20-15-6-4-3-5-14(15)19/h3-10,16,20H,2,11H2,1H3. The van der Waals surface area contributed by atoms with Crippen molar-refractivity contribution >= 4 is 34.8 Å². The Labute approximate surface area is 145 Å². The number of rotatable bonds is 5. The van der Waals surface area contributed by atoms with E-state index in [0.29, 0.717) is 28.8 Å². The molecule has 0 radical (unpaired) electrons. The highest BCUT2D eigenvalue weighted by Gasteiger charge is 2.39. The highest BCUT2D eigenvalue weighted by molar-refractivity contribution is 6.33. The number of ether oxygens (including phenoxy) is 1. The van der Waals surface area contributed by atoms with Crippen LogP contribution in [0.15, 0.2) is 48.5 Å². The third kappa shape index (κ3) is 3.21. The Balaban J connectivity index is 1.77. The minimum absolute atomic E-state index is 0.0945. The molecule has 0 bridgehead atoms. The zero-order valence-corrected chi connectivity index (χ0v) is 13.9. The summed E-state index contributed by atoms with van der Waals surface area (Å²) in [5, 5.41) is 3.56. The van der Waals surface area contributed by atoms with E-state index in [2.05, 4.69) is 5.32 Å². The third-order valence-corrected chi connectivity index (χ3v) is 4.09. The van der Waals surface area contributed by atoms with Crippen LogP contribution in [0.25, 0.3) is 0 Å². The van der Waals surface area contributed by atoms with E-state index in [1.807, 2.05) is 13.0 Å². The lowest BCUT2D eigenvalue weighted by atomic mass is 10.2. The maximum absolute atomic E-state index is 12.6. The number of carbonyl (C=O) groups excluding carboxylic acids is 2. The molecule has 1 atom stereocenters. The predicted molar refractivity (Wildman–Crippen MR) is 93.6 cm³/mol. The SMILES string of the molecule is CCOc1ccc(N2C(=O)CC(Nc3ccccc3Cl)C2=O)cc1. The number of benzene rings is 2. The summed E-state index contributed by atoms with van der Waals surface area (Å²) in [5.41, 5.74) is 1.18. The maximum Gasteiger partial charge on any atom is 0.256 e. The van der Waals surface area contributed by atoms with Crippen molar-refractivity contribution in [1.82, 2.24) is 0 Å². The van der Waals surface area contributed by atoms with Crippen molar-refractivity contribution in [3.8, 4) is 5.75 Å². The van der Waals surface area contributed by atoms with Gasteiger partial charge in [0.05, 0.1) is 29.4 Å². The van der Waals surface area contributed by atoms with Crippen molar-refractivity contribution in [3.63, 3.8) is 0 Å². The molecule has 1 unspecified atom stereocenters. The first-order valence-corrected chi connectivity index (χ1v) is 8.08. The zero-order valence-electron chi connectivity index (χ0n) is 13.2. The largest absolute Gasteiger partial charge is 0.494 e. The van der Waals surface area contributed by atoms with Crippen molar-refractivity contribution in [3.05, 3.63) is 53.6 Å². The summed E-state index contributed by atoms with van der Waals surface area (Å²) in [7, 11) is 0. The Morgan fingerprint density at radius 3 is 2.54 bits per heavy atom. The summed E-state index contributed by atoms with van der Waals surface area (Å²) in [6, 6.07) is 13.4. The quantitative estimate of drug-likeness (QED) is 0.844. The van der Waals surface area contributed by atoms with E-state index in [0.717, 1.165) is 0 Å². The second-order valence-electron chi connectivity index (χ2n) is 5.38. The molecule has 2 aromatic carbocycles. The van der Waals surface area contributed by atoms with Gasteiger partial charge >= 0.3 is 0 Å². The van der Waals surface area contributed by atoms with Crippen LogP contribution in [0.5, 0.6) is 5.75 Å². The predicted octanol–water partition coefficient (Wildman–Crippen LogP) is 3.48. The maximum atomic E-state index is 12.6. The monoisotopic (exact) mass is 344 g/mol. The van der Waals surface area contributed by atoms with Gasteiger partial charge in [0, 0.05) is 0 Å². The molecule has 0 aromatic heterocycles. The van der Waals surface area contributed by atoms with E-state index >= 15 is 0 Å². The molecule has 1 N–H and O–H groups in total. The smallest absolute Gasteiger partial charge is 0.256 e. The number of carbonyl (C=O) groups is 2. The van der Waals surface area contributed by atoms with Gasteiger partial charge in [-0.25, -0.2) is 4.90 Å². The number of anilines is 2. The number of hydrogen-bond acceptors (Lipinski definition) is 4. The molecule has 0 saturated carbocycles. The van der Waals surface area contributed by atoms with Crippen LogP contribution in [0.4, 0.5) is 11.4 Å². The van der Waals surface area contributed by atoms with Crippen molar-refractivity contribution in [2.75, 3.05) is 16.8 Å². The number of hydrogen-bond donors (Lipinski definition) is 1. The number of nitrogens with zero attached hydrogens (tertiary/aromatic N) is 1. The third-order valence-electron chi connectivity index (χ3n) is 3.76. The molecule has 3 rings (SSSR count). The van der Waals surface area contributed by atoms with Gasteiger partial charge in [0.1, 0.15) is 11.8 Å². The molecule has 24 heavy (non-hydrogen) atoms. The fraction of sp³-hybridized carbons (Fsp3) is 0.222. The van der Waals surface area contributed by atoms with Gasteiger partial charge in [-0.2, -0.15) is 0 Å². The van der Waals surface area contributed by atoms with E-state index in [1.165, 1.54) is 4.90 Å². The summed E-state index contributed by atoms with van der Waals surface area (Å²) < 4.78 is 5.38. The van der Waals surface area contributed by atoms with E-state index in [4.69, 9.17) is 16.3 Å². The van der Waals surface area contributed by atoms with E-state index in [-0.39, 0.29) is 18.2 Å². The molecule has 1 fully saturated rings. The molecule has 2 amide bonds. The number of imide groups is 1. The van der Waals surface area contributed by atoms with Gasteiger partial charge in [-0.05, 0) is 43.3 Å². The van der Waals surface area contributed by atoms with Gasteiger partial charge in [-0.1, -0.05) is 23.7 Å². The van der Waals surface area contributed by atoms with Crippen LogP contribution in [0.1, 0.15) is 13.3 Å². The van der Waals surface area contributed by atoms with Crippen LogP contribution in [0.2, 0.25) is 5.02 Å². The summed E-state index contributed by atoms with van der Waals surface area (Å²) in [6.45, 7) is 2.46. The molecule has 124 valence electrons. The molecule has 5 nitrogen and oxygen atoms in total. The number of nitrogens with one attached hydrogen (secondary N) is 1. The van der Waals surface area contributed by atoms with Gasteiger partial charge in [0.25, 0.3) is 5.91 Å². The molecule has 1 aliphatic rings. The summed E-state index contributed by atoms with van der Waals surface area (Å²) in [6.07, 6.45) is 0.0945. The van der Waals surface area contributed by atoms with Crippen LogP contribution in [-0.2, 0) is 9.59 Å². The molecular formula is C18H17ClN2O3. The Bertz CT molecular complexity index is 761. The Hall–Kier alpha value is -2.53. The van der Waals surface area contributed by atoms with Gasteiger partial charge in [0.15, 0.2) is 0 Å². The summed E-state index contributed by atoms with van der Waals surface area (Å²) in [5.74, 6) is 0.170. The van der Waals surface area contributed by atoms with Gasteiger partial charge < -0.3 is 10.1 Å². The fourth-order valence-corrected chi connectivity index (χ4v) is 2.83. The lowest BCUT2D eigenvalue weighted by Crippen LogP contribution is -2.34. The van der Waals surface area contributed by atoms with Crippen LogP contribution in [0.3, 0.4) is 0 Å². The molecule has 2 aromatic rings. The van der Waals surface area contributed by atoms with Crippen LogP contribution >= 0.6 is 11.6 Å². The molecule has 6 heteroatoms. The second-order valence-corrected chi connectivity index (χ2v) is 5.78. The Kier molecular flexibility index (Phi) is 4.71. The number of halogens is 1.